The van der Waals surface area contributed by atoms with Crippen molar-refractivity contribution in [3.8, 4) is 0 Å². The van der Waals surface area contributed by atoms with Crippen LogP contribution in [-0.2, 0) is 0 Å². The molecule has 0 amide bonds. The van der Waals surface area contributed by atoms with Crippen LogP contribution in [0.2, 0.25) is 0 Å². The predicted octanol–water partition coefficient (Wildman–Crippen LogP) is 8.09. The van der Waals surface area contributed by atoms with Crippen LogP contribution >= 0.6 is 0 Å². The van der Waals surface area contributed by atoms with E-state index in [1.165, 1.54) is 64.2 Å². The van der Waals surface area contributed by atoms with Crippen LogP contribution in [0.4, 0.5) is 0 Å². The minimum Gasteiger partial charge on any atom is -0.393 e. The largest absolute Gasteiger partial charge is 0.393 e. The standard InChI is InChI=1S/C28H48O/c1-6-22(20(2)3)10-9-11-23-15-17-27-26-13-8-7-12-24(29)16-14-21(4)25(26)18-19-28(23,27)5/h6,13,20-21,23-25,27,29H,7-12,14-19H2,1-5H3/b22-6-,26-13+/t21-,23-,24+,25?,27-,28+/m0/s1. The summed E-state index contributed by atoms with van der Waals surface area (Å²) in [5, 5.41) is 10.2. The Kier molecular flexibility index (Phi) is 8.10. The lowest BCUT2D eigenvalue weighted by molar-refractivity contribution is 0.0853. The van der Waals surface area contributed by atoms with Gasteiger partial charge < -0.3 is 5.11 Å². The maximum absolute atomic E-state index is 10.2. The van der Waals surface area contributed by atoms with Crippen molar-refractivity contribution >= 4 is 0 Å². The molecular weight excluding hydrogens is 352 g/mol. The van der Waals surface area contributed by atoms with E-state index >= 15 is 0 Å². The Morgan fingerprint density at radius 3 is 2.69 bits per heavy atom. The molecule has 6 atom stereocenters. The van der Waals surface area contributed by atoms with Gasteiger partial charge in [-0.25, -0.2) is 0 Å². The minimum absolute atomic E-state index is 0.0648. The van der Waals surface area contributed by atoms with E-state index in [2.05, 4.69) is 46.8 Å². The van der Waals surface area contributed by atoms with Gasteiger partial charge in [0.05, 0.1) is 6.10 Å². The molecule has 29 heavy (non-hydrogen) atoms. The van der Waals surface area contributed by atoms with E-state index in [9.17, 15) is 5.11 Å². The second kappa shape index (κ2) is 10.2. The monoisotopic (exact) mass is 400 g/mol. The summed E-state index contributed by atoms with van der Waals surface area (Å²) < 4.78 is 0. The van der Waals surface area contributed by atoms with E-state index in [1.54, 1.807) is 5.57 Å². The summed E-state index contributed by atoms with van der Waals surface area (Å²) in [6.45, 7) is 12.0. The number of hydrogen-bond acceptors (Lipinski definition) is 1. The molecule has 1 nitrogen and oxygen atoms in total. The summed E-state index contributed by atoms with van der Waals surface area (Å²) in [6.07, 6.45) is 20.3. The van der Waals surface area contributed by atoms with Crippen LogP contribution in [0, 0.1) is 35.0 Å². The molecule has 1 unspecified atom stereocenters. The average Bonchev–Trinajstić information content (AvgIpc) is 3.02. The van der Waals surface area contributed by atoms with E-state index in [4.69, 9.17) is 0 Å². The van der Waals surface area contributed by atoms with Crippen molar-refractivity contribution in [3.05, 3.63) is 23.3 Å². The van der Waals surface area contributed by atoms with Gasteiger partial charge in [0, 0.05) is 0 Å². The van der Waals surface area contributed by atoms with Gasteiger partial charge in [0.2, 0.25) is 0 Å². The lowest BCUT2D eigenvalue weighted by atomic mass is 9.57. The van der Waals surface area contributed by atoms with Crippen molar-refractivity contribution < 1.29 is 5.11 Å². The molecule has 3 aliphatic carbocycles. The van der Waals surface area contributed by atoms with Gasteiger partial charge in [-0.05, 0) is 119 Å². The summed E-state index contributed by atoms with van der Waals surface area (Å²) >= 11 is 0. The van der Waals surface area contributed by atoms with Crippen molar-refractivity contribution in [3.63, 3.8) is 0 Å². The Bertz CT molecular complexity index is 585. The molecular formula is C28H48O. The van der Waals surface area contributed by atoms with Crippen LogP contribution < -0.4 is 0 Å². The lowest BCUT2D eigenvalue weighted by Gasteiger charge is -2.47. The van der Waals surface area contributed by atoms with Gasteiger partial charge in [-0.1, -0.05) is 51.0 Å². The van der Waals surface area contributed by atoms with E-state index < -0.39 is 0 Å². The molecule has 0 aromatic rings. The molecule has 0 aromatic heterocycles. The van der Waals surface area contributed by atoms with Crippen molar-refractivity contribution in [2.24, 2.45) is 35.0 Å². The predicted molar refractivity (Wildman–Crippen MR) is 126 cm³/mol. The fourth-order valence-electron chi connectivity index (χ4n) is 7.25. The Morgan fingerprint density at radius 2 is 1.97 bits per heavy atom. The summed E-state index contributed by atoms with van der Waals surface area (Å²) in [4.78, 5) is 0. The highest BCUT2D eigenvalue weighted by Crippen LogP contribution is 2.61. The van der Waals surface area contributed by atoms with Gasteiger partial charge >= 0.3 is 0 Å². The van der Waals surface area contributed by atoms with Crippen LogP contribution in [0.5, 0.6) is 0 Å². The molecule has 2 fully saturated rings. The first-order valence-corrected chi connectivity index (χ1v) is 12.9. The first-order valence-electron chi connectivity index (χ1n) is 12.9. The second-order valence-electron chi connectivity index (χ2n) is 11.2. The molecule has 3 aliphatic rings. The normalized spacial score (nSPS) is 40.9. The summed E-state index contributed by atoms with van der Waals surface area (Å²) in [5.41, 5.74) is 4.04. The Morgan fingerprint density at radius 1 is 1.17 bits per heavy atom. The van der Waals surface area contributed by atoms with Crippen molar-refractivity contribution in [2.75, 3.05) is 0 Å². The molecule has 1 heteroatoms. The molecule has 0 bridgehead atoms. The van der Waals surface area contributed by atoms with E-state index in [0.29, 0.717) is 11.3 Å². The third kappa shape index (κ3) is 5.20. The maximum atomic E-state index is 10.2. The van der Waals surface area contributed by atoms with Gasteiger partial charge in [-0.3, -0.25) is 0 Å². The van der Waals surface area contributed by atoms with Crippen LogP contribution in [0.1, 0.15) is 112 Å². The van der Waals surface area contributed by atoms with E-state index in [-0.39, 0.29) is 6.10 Å². The third-order valence-corrected chi connectivity index (χ3v) is 9.25. The minimum atomic E-state index is -0.0648. The zero-order valence-corrected chi connectivity index (χ0v) is 20.1. The molecule has 3 rings (SSSR count). The number of allylic oxidation sites excluding steroid dienone is 4. The topological polar surface area (TPSA) is 20.2 Å². The summed E-state index contributed by atoms with van der Waals surface area (Å²) in [6, 6.07) is 0. The van der Waals surface area contributed by atoms with Gasteiger partial charge in [0.15, 0.2) is 0 Å². The SMILES string of the molecule is C/C=C(/CCC[C@H]1CC[C@H]2/C3=C/CCC[C@@H](O)CC[C@H](C)C3CC[C@]12C)C(C)C. The van der Waals surface area contributed by atoms with Gasteiger partial charge in [-0.2, -0.15) is 0 Å². The lowest BCUT2D eigenvalue weighted by Crippen LogP contribution is -2.38. The van der Waals surface area contributed by atoms with Crippen molar-refractivity contribution in [2.45, 2.75) is 118 Å². The molecule has 0 aromatic carbocycles. The van der Waals surface area contributed by atoms with Crippen molar-refractivity contribution in [1.29, 1.82) is 0 Å². The quantitative estimate of drug-likeness (QED) is 0.462. The van der Waals surface area contributed by atoms with Gasteiger partial charge in [0.25, 0.3) is 0 Å². The number of fused-ring (bicyclic) bond motifs is 3. The number of hydrogen-bond donors (Lipinski definition) is 1. The molecule has 0 heterocycles. The number of rotatable bonds is 5. The molecule has 166 valence electrons. The number of aliphatic hydroxyl groups excluding tert-OH is 1. The zero-order chi connectivity index (χ0) is 21.0. The molecule has 1 N–H and O–H groups in total. The molecule has 0 aliphatic heterocycles. The Balaban J connectivity index is 1.69. The Hall–Kier alpha value is -0.560. The second-order valence-corrected chi connectivity index (χ2v) is 11.2. The third-order valence-electron chi connectivity index (χ3n) is 9.25. The maximum Gasteiger partial charge on any atom is 0.0540 e. The molecule has 0 radical (unpaired) electrons. The van der Waals surface area contributed by atoms with Crippen LogP contribution in [0.3, 0.4) is 0 Å². The van der Waals surface area contributed by atoms with Crippen LogP contribution in [-0.4, -0.2) is 11.2 Å². The fraction of sp³-hybridized carbons (Fsp3) is 0.857. The van der Waals surface area contributed by atoms with Crippen LogP contribution in [0.15, 0.2) is 23.3 Å². The van der Waals surface area contributed by atoms with Gasteiger partial charge in [0.1, 0.15) is 0 Å². The molecule has 2 saturated carbocycles. The first kappa shape index (κ1) is 23.1. The van der Waals surface area contributed by atoms with Crippen LogP contribution in [0.25, 0.3) is 0 Å². The molecule has 0 saturated heterocycles. The zero-order valence-electron chi connectivity index (χ0n) is 20.1. The van der Waals surface area contributed by atoms with E-state index in [1.807, 2.05) is 5.57 Å². The Labute approximate surface area is 181 Å². The highest BCUT2D eigenvalue weighted by molar-refractivity contribution is 5.22. The van der Waals surface area contributed by atoms with Crippen molar-refractivity contribution in [1.82, 2.24) is 0 Å². The summed E-state index contributed by atoms with van der Waals surface area (Å²) in [7, 11) is 0. The van der Waals surface area contributed by atoms with Gasteiger partial charge in [-0.15, -0.1) is 0 Å². The summed E-state index contributed by atoms with van der Waals surface area (Å²) in [5.74, 6) is 3.99. The highest BCUT2D eigenvalue weighted by Gasteiger charge is 2.51. The first-order chi connectivity index (χ1) is 13.9. The van der Waals surface area contributed by atoms with E-state index in [0.717, 1.165) is 36.5 Å². The fourth-order valence-corrected chi connectivity index (χ4v) is 7.25. The highest BCUT2D eigenvalue weighted by atomic mass is 16.3. The number of aliphatic hydroxyl groups is 1. The smallest absolute Gasteiger partial charge is 0.0540 e. The molecule has 0 spiro atoms. The average molecular weight is 401 g/mol.